The Morgan fingerprint density at radius 1 is 0.960 bits per heavy atom. The normalized spacial score (nSPS) is 15.9. The fraction of sp³-hybridized carbons (Fsp3) is 0.350. The van der Waals surface area contributed by atoms with Crippen molar-refractivity contribution in [3.8, 4) is 0 Å². The highest BCUT2D eigenvalue weighted by Gasteiger charge is 2.15. The van der Waals surface area contributed by atoms with E-state index in [1.165, 1.54) is 5.56 Å². The zero-order chi connectivity index (χ0) is 17.6. The van der Waals surface area contributed by atoms with E-state index < -0.39 is 0 Å². The molecule has 25 heavy (non-hydrogen) atoms. The standard InChI is InChI=1S/C20H24ClN3O/c1-2-23-11-13-24(14-12-23)15-16-3-9-19(10-4-16)22-20(25)17-5-7-18(21)8-6-17/h3-10H,2,11-15H2,1H3,(H,22,25). The van der Waals surface area contributed by atoms with Crippen LogP contribution >= 0.6 is 11.6 Å². The second-order valence-corrected chi connectivity index (χ2v) is 6.80. The van der Waals surface area contributed by atoms with Gasteiger partial charge in [0.1, 0.15) is 0 Å². The molecule has 0 aromatic heterocycles. The Labute approximate surface area is 154 Å². The number of halogens is 1. The average Bonchev–Trinajstić information content (AvgIpc) is 2.64. The molecule has 0 atom stereocenters. The quantitative estimate of drug-likeness (QED) is 0.885. The van der Waals surface area contributed by atoms with E-state index in [9.17, 15) is 4.79 Å². The third kappa shape index (κ3) is 5.05. The predicted molar refractivity (Wildman–Crippen MR) is 103 cm³/mol. The number of benzene rings is 2. The van der Waals surface area contributed by atoms with Crippen molar-refractivity contribution in [2.45, 2.75) is 13.5 Å². The van der Waals surface area contributed by atoms with Crippen LogP contribution < -0.4 is 5.32 Å². The van der Waals surface area contributed by atoms with Crippen LogP contribution in [0.3, 0.4) is 0 Å². The SMILES string of the molecule is CCN1CCN(Cc2ccc(NC(=O)c3ccc(Cl)cc3)cc2)CC1. The second-order valence-electron chi connectivity index (χ2n) is 6.37. The smallest absolute Gasteiger partial charge is 0.255 e. The van der Waals surface area contributed by atoms with Gasteiger partial charge in [-0.15, -0.1) is 0 Å². The summed E-state index contributed by atoms with van der Waals surface area (Å²) < 4.78 is 0. The maximum Gasteiger partial charge on any atom is 0.255 e. The summed E-state index contributed by atoms with van der Waals surface area (Å²) in [5.74, 6) is -0.125. The largest absolute Gasteiger partial charge is 0.322 e. The van der Waals surface area contributed by atoms with Gasteiger partial charge in [-0.25, -0.2) is 0 Å². The van der Waals surface area contributed by atoms with Gasteiger partial charge in [0.15, 0.2) is 0 Å². The second kappa shape index (κ2) is 8.48. The maximum atomic E-state index is 12.2. The Kier molecular flexibility index (Phi) is 6.08. The van der Waals surface area contributed by atoms with Gasteiger partial charge < -0.3 is 10.2 Å². The molecular weight excluding hydrogens is 334 g/mol. The van der Waals surface area contributed by atoms with E-state index >= 15 is 0 Å². The number of piperazine rings is 1. The van der Waals surface area contributed by atoms with Crippen molar-refractivity contribution in [1.82, 2.24) is 9.80 Å². The molecule has 0 aliphatic carbocycles. The van der Waals surface area contributed by atoms with Crippen LogP contribution in [-0.4, -0.2) is 48.4 Å². The van der Waals surface area contributed by atoms with E-state index in [4.69, 9.17) is 11.6 Å². The molecule has 1 amide bonds. The van der Waals surface area contributed by atoms with Crippen molar-refractivity contribution in [3.63, 3.8) is 0 Å². The molecule has 1 aliphatic rings. The number of nitrogens with zero attached hydrogens (tertiary/aromatic N) is 2. The van der Waals surface area contributed by atoms with E-state index in [2.05, 4.69) is 34.2 Å². The first-order valence-electron chi connectivity index (χ1n) is 8.74. The van der Waals surface area contributed by atoms with Crippen LogP contribution in [-0.2, 0) is 6.54 Å². The molecule has 3 rings (SSSR count). The summed E-state index contributed by atoms with van der Waals surface area (Å²) in [6.45, 7) is 8.83. The molecule has 1 N–H and O–H groups in total. The van der Waals surface area contributed by atoms with E-state index in [0.717, 1.165) is 45.0 Å². The van der Waals surface area contributed by atoms with Gasteiger partial charge in [-0.2, -0.15) is 0 Å². The topological polar surface area (TPSA) is 35.6 Å². The number of hydrogen-bond donors (Lipinski definition) is 1. The van der Waals surface area contributed by atoms with Gasteiger partial charge in [-0.1, -0.05) is 30.7 Å². The van der Waals surface area contributed by atoms with Crippen LogP contribution in [0.4, 0.5) is 5.69 Å². The molecule has 0 spiro atoms. The monoisotopic (exact) mass is 357 g/mol. The minimum Gasteiger partial charge on any atom is -0.322 e. The van der Waals surface area contributed by atoms with Gasteiger partial charge in [0.2, 0.25) is 0 Å². The lowest BCUT2D eigenvalue weighted by atomic mass is 10.1. The van der Waals surface area contributed by atoms with Gasteiger partial charge in [0, 0.05) is 49.0 Å². The summed E-state index contributed by atoms with van der Waals surface area (Å²) >= 11 is 5.85. The molecule has 1 aliphatic heterocycles. The predicted octanol–water partition coefficient (Wildman–Crippen LogP) is 3.73. The fourth-order valence-electron chi connectivity index (χ4n) is 3.02. The minimum absolute atomic E-state index is 0.125. The molecule has 0 radical (unpaired) electrons. The molecule has 1 fully saturated rings. The Balaban J connectivity index is 1.53. The van der Waals surface area contributed by atoms with E-state index in [0.29, 0.717) is 10.6 Å². The molecular formula is C20H24ClN3O. The van der Waals surface area contributed by atoms with E-state index in [1.54, 1.807) is 24.3 Å². The highest BCUT2D eigenvalue weighted by atomic mass is 35.5. The summed E-state index contributed by atoms with van der Waals surface area (Å²) in [5, 5.41) is 3.55. The Morgan fingerprint density at radius 3 is 2.16 bits per heavy atom. The lowest BCUT2D eigenvalue weighted by Crippen LogP contribution is -2.45. The van der Waals surface area contributed by atoms with Gasteiger partial charge in [0.05, 0.1) is 0 Å². The summed E-state index contributed by atoms with van der Waals surface area (Å²) in [4.78, 5) is 17.2. The number of amides is 1. The van der Waals surface area contributed by atoms with Gasteiger partial charge >= 0.3 is 0 Å². The number of likely N-dealkylation sites (N-methyl/N-ethyl adjacent to an activating group) is 1. The highest BCUT2D eigenvalue weighted by molar-refractivity contribution is 6.30. The third-order valence-corrected chi connectivity index (χ3v) is 4.89. The minimum atomic E-state index is -0.125. The molecule has 5 heteroatoms. The van der Waals surface area contributed by atoms with Crippen LogP contribution in [0.1, 0.15) is 22.8 Å². The highest BCUT2D eigenvalue weighted by Crippen LogP contribution is 2.15. The molecule has 1 heterocycles. The van der Waals surface area contributed by atoms with Crippen molar-refractivity contribution >= 4 is 23.2 Å². The van der Waals surface area contributed by atoms with Crippen LogP contribution in [0.15, 0.2) is 48.5 Å². The number of hydrogen-bond acceptors (Lipinski definition) is 3. The lowest BCUT2D eigenvalue weighted by Gasteiger charge is -2.34. The van der Waals surface area contributed by atoms with Gasteiger partial charge in [-0.05, 0) is 48.5 Å². The first-order valence-corrected chi connectivity index (χ1v) is 9.12. The zero-order valence-corrected chi connectivity index (χ0v) is 15.3. The Hall–Kier alpha value is -1.88. The van der Waals surface area contributed by atoms with Crippen molar-refractivity contribution < 1.29 is 4.79 Å². The van der Waals surface area contributed by atoms with Crippen molar-refractivity contribution in [2.24, 2.45) is 0 Å². The average molecular weight is 358 g/mol. The fourth-order valence-corrected chi connectivity index (χ4v) is 3.15. The van der Waals surface area contributed by atoms with Crippen LogP contribution in [0, 0.1) is 0 Å². The molecule has 132 valence electrons. The van der Waals surface area contributed by atoms with Gasteiger partial charge in [-0.3, -0.25) is 9.69 Å². The molecule has 0 bridgehead atoms. The summed E-state index contributed by atoms with van der Waals surface area (Å²) in [7, 11) is 0. The Morgan fingerprint density at radius 2 is 1.56 bits per heavy atom. The number of carbonyl (C=O) groups is 1. The van der Waals surface area contributed by atoms with E-state index in [1.807, 2.05) is 12.1 Å². The number of anilines is 1. The summed E-state index contributed by atoms with van der Waals surface area (Å²) in [6, 6.07) is 15.0. The number of carbonyl (C=O) groups excluding carboxylic acids is 1. The number of nitrogens with one attached hydrogen (secondary N) is 1. The molecule has 1 saturated heterocycles. The van der Waals surface area contributed by atoms with Crippen molar-refractivity contribution in [3.05, 3.63) is 64.7 Å². The molecule has 2 aromatic rings. The van der Waals surface area contributed by atoms with Crippen LogP contribution in [0.2, 0.25) is 5.02 Å². The zero-order valence-electron chi connectivity index (χ0n) is 14.5. The molecule has 4 nitrogen and oxygen atoms in total. The summed E-state index contributed by atoms with van der Waals surface area (Å²) in [6.07, 6.45) is 0. The maximum absolute atomic E-state index is 12.2. The third-order valence-electron chi connectivity index (χ3n) is 4.64. The summed E-state index contributed by atoms with van der Waals surface area (Å²) in [5.41, 5.74) is 2.68. The number of rotatable bonds is 5. The molecule has 0 saturated carbocycles. The van der Waals surface area contributed by atoms with E-state index in [-0.39, 0.29) is 5.91 Å². The lowest BCUT2D eigenvalue weighted by molar-refractivity contribution is 0.102. The molecule has 2 aromatic carbocycles. The Bertz CT molecular complexity index is 692. The first kappa shape index (κ1) is 17.9. The van der Waals surface area contributed by atoms with Crippen molar-refractivity contribution in [2.75, 3.05) is 38.0 Å². The molecule has 0 unspecified atom stereocenters. The first-order chi connectivity index (χ1) is 12.1. The van der Waals surface area contributed by atoms with Crippen molar-refractivity contribution in [1.29, 1.82) is 0 Å². The van der Waals surface area contributed by atoms with Crippen LogP contribution in [0.25, 0.3) is 0 Å². The van der Waals surface area contributed by atoms with Crippen LogP contribution in [0.5, 0.6) is 0 Å². The van der Waals surface area contributed by atoms with Gasteiger partial charge in [0.25, 0.3) is 5.91 Å².